The van der Waals surface area contributed by atoms with E-state index in [0.717, 1.165) is 44.6 Å². The van der Waals surface area contributed by atoms with Gasteiger partial charge in [-0.3, -0.25) is 4.90 Å². The van der Waals surface area contributed by atoms with Crippen molar-refractivity contribution in [2.45, 2.75) is 56.7 Å². The van der Waals surface area contributed by atoms with Crippen molar-refractivity contribution in [1.29, 1.82) is 0 Å². The zero-order chi connectivity index (χ0) is 16.2. The molecule has 2 N–H and O–H groups in total. The number of nitrogens with one attached hydrogen (secondary N) is 1. The van der Waals surface area contributed by atoms with Crippen LogP contribution in [0.3, 0.4) is 0 Å². The van der Waals surface area contributed by atoms with Crippen LogP contribution in [0.2, 0.25) is 0 Å². The molecular weight excluding hydrogens is 290 g/mol. The first-order valence-corrected chi connectivity index (χ1v) is 8.82. The summed E-state index contributed by atoms with van der Waals surface area (Å²) in [7, 11) is 3.97. The fourth-order valence-corrected chi connectivity index (χ4v) is 3.74. The van der Waals surface area contributed by atoms with Crippen LogP contribution < -0.4 is 10.2 Å². The smallest absolute Gasteiger partial charge is 0.224 e. The minimum Gasteiger partial charge on any atom is -0.391 e. The molecule has 2 atom stereocenters. The molecule has 1 aromatic rings. The van der Waals surface area contributed by atoms with Crippen molar-refractivity contribution in [3.63, 3.8) is 0 Å². The minimum atomic E-state index is -0.131. The number of nitrogens with zero attached hydrogens (tertiary/aromatic N) is 4. The molecule has 2 aliphatic rings. The Morgan fingerprint density at radius 3 is 2.61 bits per heavy atom. The highest BCUT2D eigenvalue weighted by molar-refractivity contribution is 5.41. The second-order valence-electron chi connectivity index (χ2n) is 7.01. The van der Waals surface area contributed by atoms with E-state index in [4.69, 9.17) is 0 Å². The van der Waals surface area contributed by atoms with Gasteiger partial charge in [-0.05, 0) is 31.7 Å². The van der Waals surface area contributed by atoms with Gasteiger partial charge in [-0.15, -0.1) is 0 Å². The lowest BCUT2D eigenvalue weighted by Gasteiger charge is -2.41. The Morgan fingerprint density at radius 1 is 1.17 bits per heavy atom. The maximum absolute atomic E-state index is 10.2. The summed E-state index contributed by atoms with van der Waals surface area (Å²) in [6.45, 7) is 2.10. The van der Waals surface area contributed by atoms with Crippen LogP contribution in [0.4, 0.5) is 11.8 Å². The maximum atomic E-state index is 10.2. The Kier molecular flexibility index (Phi) is 5.33. The van der Waals surface area contributed by atoms with Crippen LogP contribution in [0, 0.1) is 0 Å². The van der Waals surface area contributed by atoms with E-state index < -0.39 is 0 Å². The zero-order valence-electron chi connectivity index (χ0n) is 14.3. The maximum Gasteiger partial charge on any atom is 0.224 e. The summed E-state index contributed by atoms with van der Waals surface area (Å²) in [6.07, 6.45) is 8.38. The van der Waals surface area contributed by atoms with Gasteiger partial charge in [0.1, 0.15) is 5.82 Å². The molecule has 0 spiro atoms. The van der Waals surface area contributed by atoms with Crippen molar-refractivity contribution < 1.29 is 5.11 Å². The summed E-state index contributed by atoms with van der Waals surface area (Å²) in [5.41, 5.74) is 0. The summed E-state index contributed by atoms with van der Waals surface area (Å²) in [4.78, 5) is 13.3. The van der Waals surface area contributed by atoms with Crippen molar-refractivity contribution in [2.24, 2.45) is 0 Å². The van der Waals surface area contributed by atoms with Gasteiger partial charge in [-0.25, -0.2) is 4.98 Å². The summed E-state index contributed by atoms with van der Waals surface area (Å²) in [5.74, 6) is 1.64. The Labute approximate surface area is 138 Å². The molecular formula is C17H29N5O. The van der Waals surface area contributed by atoms with E-state index in [-0.39, 0.29) is 6.10 Å². The largest absolute Gasteiger partial charge is 0.391 e. The Bertz CT molecular complexity index is 502. The van der Waals surface area contributed by atoms with Gasteiger partial charge in [-0.2, -0.15) is 4.98 Å². The van der Waals surface area contributed by atoms with E-state index in [1.807, 2.05) is 25.1 Å². The quantitative estimate of drug-likeness (QED) is 0.881. The van der Waals surface area contributed by atoms with Crippen LogP contribution in [0.25, 0.3) is 0 Å². The predicted molar refractivity (Wildman–Crippen MR) is 92.8 cm³/mol. The minimum absolute atomic E-state index is 0.131. The van der Waals surface area contributed by atoms with E-state index in [1.165, 1.54) is 12.8 Å². The second kappa shape index (κ2) is 7.45. The fraction of sp³-hybridized carbons (Fsp3) is 0.765. The van der Waals surface area contributed by atoms with Crippen LogP contribution in [-0.4, -0.2) is 65.3 Å². The van der Waals surface area contributed by atoms with E-state index in [1.54, 1.807) is 6.20 Å². The molecule has 128 valence electrons. The molecule has 0 aromatic carbocycles. The van der Waals surface area contributed by atoms with Crippen LogP contribution in [0.1, 0.15) is 38.5 Å². The molecule has 1 aliphatic heterocycles. The van der Waals surface area contributed by atoms with Crippen molar-refractivity contribution in [1.82, 2.24) is 14.9 Å². The first kappa shape index (κ1) is 16.5. The standard InChI is InChI=1S/C17H29N5O/c1-21(2)16-7-10-18-17(20-16)19-13-8-11-22(12-9-13)14-5-3-4-6-15(14)23/h7,10,13-15,23H,3-6,8-9,11-12H2,1-2H3,(H,18,19,20). The predicted octanol–water partition coefficient (Wildman–Crippen LogP) is 1.72. The summed E-state index contributed by atoms with van der Waals surface area (Å²) in [5, 5.41) is 13.7. The summed E-state index contributed by atoms with van der Waals surface area (Å²) < 4.78 is 0. The van der Waals surface area contributed by atoms with Gasteiger partial charge in [-0.1, -0.05) is 12.8 Å². The third kappa shape index (κ3) is 4.12. The SMILES string of the molecule is CN(C)c1ccnc(NC2CCN(C3CCCCC3O)CC2)n1. The molecule has 0 amide bonds. The molecule has 2 heterocycles. The van der Waals surface area contributed by atoms with Crippen molar-refractivity contribution >= 4 is 11.8 Å². The first-order chi connectivity index (χ1) is 11.1. The van der Waals surface area contributed by atoms with Gasteiger partial charge < -0.3 is 15.3 Å². The molecule has 3 rings (SSSR count). The number of anilines is 2. The third-order valence-corrected chi connectivity index (χ3v) is 5.12. The molecule has 6 nitrogen and oxygen atoms in total. The molecule has 0 radical (unpaired) electrons. The van der Waals surface area contributed by atoms with Crippen LogP contribution in [0.5, 0.6) is 0 Å². The molecule has 1 saturated carbocycles. The lowest BCUT2D eigenvalue weighted by atomic mass is 9.89. The number of hydrogen-bond donors (Lipinski definition) is 2. The number of aliphatic hydroxyl groups is 1. The summed E-state index contributed by atoms with van der Waals surface area (Å²) in [6, 6.07) is 2.71. The van der Waals surface area contributed by atoms with Crippen LogP contribution in [0.15, 0.2) is 12.3 Å². The Balaban J connectivity index is 1.52. The van der Waals surface area contributed by atoms with Gasteiger partial charge in [0.05, 0.1) is 6.10 Å². The molecule has 1 saturated heterocycles. The second-order valence-corrected chi connectivity index (χ2v) is 7.01. The topological polar surface area (TPSA) is 64.5 Å². The molecule has 1 aromatic heterocycles. The molecule has 1 aliphatic carbocycles. The van der Waals surface area contributed by atoms with Gasteiger partial charge in [0.25, 0.3) is 0 Å². The molecule has 2 unspecified atom stereocenters. The molecule has 0 bridgehead atoms. The number of rotatable bonds is 4. The molecule has 2 fully saturated rings. The fourth-order valence-electron chi connectivity index (χ4n) is 3.74. The normalized spacial score (nSPS) is 26.9. The number of hydrogen-bond acceptors (Lipinski definition) is 6. The highest BCUT2D eigenvalue weighted by Gasteiger charge is 2.31. The van der Waals surface area contributed by atoms with Crippen molar-refractivity contribution in [3.8, 4) is 0 Å². The number of piperidine rings is 1. The Morgan fingerprint density at radius 2 is 1.91 bits per heavy atom. The third-order valence-electron chi connectivity index (χ3n) is 5.12. The van der Waals surface area contributed by atoms with Crippen molar-refractivity contribution in [3.05, 3.63) is 12.3 Å². The number of aliphatic hydroxyl groups excluding tert-OH is 1. The van der Waals surface area contributed by atoms with E-state index >= 15 is 0 Å². The molecule has 6 heteroatoms. The number of likely N-dealkylation sites (tertiary alicyclic amines) is 1. The average molecular weight is 319 g/mol. The van der Waals surface area contributed by atoms with Crippen molar-refractivity contribution in [2.75, 3.05) is 37.4 Å². The van der Waals surface area contributed by atoms with Crippen LogP contribution in [-0.2, 0) is 0 Å². The average Bonchev–Trinajstić information content (AvgIpc) is 2.56. The van der Waals surface area contributed by atoms with Gasteiger partial charge in [0, 0.05) is 45.5 Å². The highest BCUT2D eigenvalue weighted by atomic mass is 16.3. The monoisotopic (exact) mass is 319 g/mol. The Hall–Kier alpha value is -1.40. The zero-order valence-corrected chi connectivity index (χ0v) is 14.3. The number of aromatic nitrogens is 2. The van der Waals surface area contributed by atoms with Gasteiger partial charge >= 0.3 is 0 Å². The van der Waals surface area contributed by atoms with E-state index in [9.17, 15) is 5.11 Å². The van der Waals surface area contributed by atoms with Gasteiger partial charge in [0.15, 0.2) is 0 Å². The highest BCUT2D eigenvalue weighted by Crippen LogP contribution is 2.26. The van der Waals surface area contributed by atoms with Crippen LogP contribution >= 0.6 is 0 Å². The first-order valence-electron chi connectivity index (χ1n) is 8.82. The van der Waals surface area contributed by atoms with E-state index in [0.29, 0.717) is 18.0 Å². The lowest BCUT2D eigenvalue weighted by Crippen LogP contribution is -2.50. The summed E-state index contributed by atoms with van der Waals surface area (Å²) >= 11 is 0. The molecule has 23 heavy (non-hydrogen) atoms. The van der Waals surface area contributed by atoms with E-state index in [2.05, 4.69) is 20.2 Å². The van der Waals surface area contributed by atoms with Gasteiger partial charge in [0.2, 0.25) is 5.95 Å². The lowest BCUT2D eigenvalue weighted by molar-refractivity contribution is 0.00991.